The second-order valence-corrected chi connectivity index (χ2v) is 4.28. The lowest BCUT2D eigenvalue weighted by atomic mass is 10.2. The number of hydrogen-bond acceptors (Lipinski definition) is 2. The van der Waals surface area contributed by atoms with Crippen LogP contribution < -0.4 is 5.73 Å². The zero-order chi connectivity index (χ0) is 13.4. The van der Waals surface area contributed by atoms with Gasteiger partial charge in [0.2, 0.25) is 5.95 Å². The summed E-state index contributed by atoms with van der Waals surface area (Å²) in [7, 11) is 0. The molecule has 0 aliphatic heterocycles. The fourth-order valence-corrected chi connectivity index (χ4v) is 2.08. The molecular formula is C14H11F2N3. The Balaban J connectivity index is 2.10. The first-order valence-electron chi connectivity index (χ1n) is 5.80. The molecular weight excluding hydrogens is 248 g/mol. The van der Waals surface area contributed by atoms with Gasteiger partial charge in [-0.1, -0.05) is 18.2 Å². The Kier molecular flexibility index (Phi) is 2.67. The normalized spacial score (nSPS) is 11.1. The van der Waals surface area contributed by atoms with E-state index in [9.17, 15) is 8.78 Å². The van der Waals surface area contributed by atoms with Gasteiger partial charge in [0.25, 0.3) is 0 Å². The quantitative estimate of drug-likeness (QED) is 0.769. The fraction of sp³-hybridized carbons (Fsp3) is 0.0714. The Morgan fingerprint density at radius 3 is 2.68 bits per heavy atom. The molecule has 1 aromatic heterocycles. The minimum atomic E-state index is -0.372. The molecule has 3 aromatic rings. The molecule has 0 spiro atoms. The Bertz CT molecular complexity index is 750. The summed E-state index contributed by atoms with van der Waals surface area (Å²) >= 11 is 0. The summed E-state index contributed by atoms with van der Waals surface area (Å²) < 4.78 is 28.4. The van der Waals surface area contributed by atoms with Crippen molar-refractivity contribution in [2.75, 3.05) is 5.73 Å². The van der Waals surface area contributed by atoms with Crippen LogP contribution in [0.4, 0.5) is 14.7 Å². The van der Waals surface area contributed by atoms with Gasteiger partial charge in [-0.3, -0.25) is 0 Å². The van der Waals surface area contributed by atoms with Crippen LogP contribution in [0.2, 0.25) is 0 Å². The maximum Gasteiger partial charge on any atom is 0.201 e. The first-order chi connectivity index (χ1) is 9.15. The van der Waals surface area contributed by atoms with E-state index in [-0.39, 0.29) is 24.1 Å². The average molecular weight is 259 g/mol. The molecule has 19 heavy (non-hydrogen) atoms. The lowest BCUT2D eigenvalue weighted by Gasteiger charge is -2.07. The van der Waals surface area contributed by atoms with Gasteiger partial charge in [0.1, 0.15) is 11.6 Å². The molecule has 0 fully saturated rings. The molecule has 5 heteroatoms. The molecule has 0 atom stereocenters. The third kappa shape index (κ3) is 2.03. The van der Waals surface area contributed by atoms with E-state index in [1.165, 1.54) is 18.2 Å². The molecule has 0 bridgehead atoms. The highest BCUT2D eigenvalue weighted by Gasteiger charge is 2.11. The summed E-state index contributed by atoms with van der Waals surface area (Å²) in [5.41, 5.74) is 7.47. The van der Waals surface area contributed by atoms with Crippen molar-refractivity contribution in [3.63, 3.8) is 0 Å². The number of nitrogens with zero attached hydrogens (tertiary/aromatic N) is 2. The van der Waals surface area contributed by atoms with Crippen LogP contribution >= 0.6 is 0 Å². The van der Waals surface area contributed by atoms with Gasteiger partial charge in [-0.05, 0) is 18.2 Å². The summed E-state index contributed by atoms with van der Waals surface area (Å²) in [5, 5.41) is 0. The zero-order valence-corrected chi connectivity index (χ0v) is 9.98. The molecule has 0 saturated heterocycles. The van der Waals surface area contributed by atoms with Gasteiger partial charge >= 0.3 is 0 Å². The molecule has 0 radical (unpaired) electrons. The van der Waals surface area contributed by atoms with Gasteiger partial charge < -0.3 is 10.3 Å². The van der Waals surface area contributed by atoms with Crippen LogP contribution in [0.15, 0.2) is 42.5 Å². The summed E-state index contributed by atoms with van der Waals surface area (Å²) in [6.07, 6.45) is 0. The van der Waals surface area contributed by atoms with Gasteiger partial charge in [-0.2, -0.15) is 0 Å². The second-order valence-electron chi connectivity index (χ2n) is 4.28. The molecule has 0 unspecified atom stereocenters. The molecule has 3 rings (SSSR count). The predicted octanol–water partition coefficient (Wildman–Crippen LogP) is 2.95. The Morgan fingerprint density at radius 2 is 1.89 bits per heavy atom. The van der Waals surface area contributed by atoms with Crippen molar-refractivity contribution in [2.24, 2.45) is 0 Å². The smallest absolute Gasteiger partial charge is 0.201 e. The standard InChI is InChI=1S/C14H11F2N3/c15-10-5-6-13-12(7-10)18-14(17)19(13)8-9-3-1-2-4-11(9)16/h1-7H,8H2,(H2,17,18). The number of aromatic nitrogens is 2. The SMILES string of the molecule is Nc1nc2cc(F)ccc2n1Cc1ccccc1F. The number of benzene rings is 2. The van der Waals surface area contributed by atoms with Crippen molar-refractivity contribution in [1.82, 2.24) is 9.55 Å². The molecule has 0 aliphatic carbocycles. The Hall–Kier alpha value is -2.43. The maximum atomic E-state index is 13.6. The van der Waals surface area contributed by atoms with Crippen LogP contribution in [-0.4, -0.2) is 9.55 Å². The topological polar surface area (TPSA) is 43.8 Å². The van der Waals surface area contributed by atoms with E-state index < -0.39 is 0 Å². The highest BCUT2D eigenvalue weighted by atomic mass is 19.1. The Labute approximate surface area is 108 Å². The van der Waals surface area contributed by atoms with Crippen LogP contribution in [0.25, 0.3) is 11.0 Å². The Morgan fingerprint density at radius 1 is 1.11 bits per heavy atom. The number of halogens is 2. The molecule has 1 heterocycles. The second kappa shape index (κ2) is 4.35. The van der Waals surface area contributed by atoms with Gasteiger partial charge in [0.05, 0.1) is 17.6 Å². The minimum absolute atomic E-state index is 0.240. The number of nitrogen functional groups attached to an aromatic ring is 1. The first-order valence-corrected chi connectivity index (χ1v) is 5.80. The summed E-state index contributed by atoms with van der Waals surface area (Å²) in [5.74, 6) is -0.433. The summed E-state index contributed by atoms with van der Waals surface area (Å²) in [6.45, 7) is 0.265. The van der Waals surface area contributed by atoms with E-state index in [2.05, 4.69) is 4.98 Å². The number of fused-ring (bicyclic) bond motifs is 1. The molecule has 0 saturated carbocycles. The largest absolute Gasteiger partial charge is 0.369 e. The van der Waals surface area contributed by atoms with Crippen LogP contribution in [0, 0.1) is 11.6 Å². The van der Waals surface area contributed by atoms with Crippen molar-refractivity contribution < 1.29 is 8.78 Å². The van der Waals surface area contributed by atoms with E-state index in [4.69, 9.17) is 5.73 Å². The molecule has 2 N–H and O–H groups in total. The monoisotopic (exact) mass is 259 g/mol. The van der Waals surface area contributed by atoms with Gasteiger partial charge in [-0.25, -0.2) is 13.8 Å². The molecule has 0 aliphatic rings. The zero-order valence-electron chi connectivity index (χ0n) is 9.98. The van der Waals surface area contributed by atoms with Gasteiger partial charge in [0.15, 0.2) is 0 Å². The molecule has 2 aromatic carbocycles. The average Bonchev–Trinajstić information content (AvgIpc) is 2.68. The van der Waals surface area contributed by atoms with E-state index in [1.807, 2.05) is 0 Å². The van der Waals surface area contributed by atoms with Crippen molar-refractivity contribution in [1.29, 1.82) is 0 Å². The van der Waals surface area contributed by atoms with Crippen molar-refractivity contribution in [3.8, 4) is 0 Å². The van der Waals surface area contributed by atoms with Crippen LogP contribution in [0.5, 0.6) is 0 Å². The molecule has 3 nitrogen and oxygen atoms in total. The predicted molar refractivity (Wildman–Crippen MR) is 69.6 cm³/mol. The fourth-order valence-electron chi connectivity index (χ4n) is 2.08. The molecule has 96 valence electrons. The van der Waals surface area contributed by atoms with Crippen LogP contribution in [0.3, 0.4) is 0 Å². The highest BCUT2D eigenvalue weighted by Crippen LogP contribution is 2.21. The molecule has 0 amide bonds. The van der Waals surface area contributed by atoms with Gasteiger partial charge in [-0.15, -0.1) is 0 Å². The maximum absolute atomic E-state index is 13.6. The van der Waals surface area contributed by atoms with Crippen LogP contribution in [-0.2, 0) is 6.54 Å². The minimum Gasteiger partial charge on any atom is -0.369 e. The van der Waals surface area contributed by atoms with E-state index in [0.717, 1.165) is 0 Å². The first kappa shape index (κ1) is 11.6. The lowest BCUT2D eigenvalue weighted by Crippen LogP contribution is -2.05. The highest BCUT2D eigenvalue weighted by molar-refractivity contribution is 5.78. The van der Waals surface area contributed by atoms with Gasteiger partial charge in [0, 0.05) is 11.6 Å². The summed E-state index contributed by atoms with van der Waals surface area (Å²) in [6, 6.07) is 10.7. The number of anilines is 1. The third-order valence-electron chi connectivity index (χ3n) is 3.03. The van der Waals surface area contributed by atoms with Crippen molar-refractivity contribution in [2.45, 2.75) is 6.54 Å². The number of nitrogens with two attached hydrogens (primary N) is 1. The van der Waals surface area contributed by atoms with Crippen molar-refractivity contribution >= 4 is 17.0 Å². The van der Waals surface area contributed by atoms with E-state index in [0.29, 0.717) is 16.6 Å². The number of rotatable bonds is 2. The third-order valence-corrected chi connectivity index (χ3v) is 3.03. The number of hydrogen-bond donors (Lipinski definition) is 1. The van der Waals surface area contributed by atoms with Crippen molar-refractivity contribution in [3.05, 3.63) is 59.7 Å². The number of imidazole rings is 1. The van der Waals surface area contributed by atoms with E-state index >= 15 is 0 Å². The van der Waals surface area contributed by atoms with Crippen LogP contribution in [0.1, 0.15) is 5.56 Å². The summed E-state index contributed by atoms with van der Waals surface area (Å²) in [4.78, 5) is 4.08. The van der Waals surface area contributed by atoms with E-state index in [1.54, 1.807) is 28.8 Å². The lowest BCUT2D eigenvalue weighted by molar-refractivity contribution is 0.602.